The van der Waals surface area contributed by atoms with Gasteiger partial charge in [0, 0.05) is 37.2 Å². The molecule has 0 saturated heterocycles. The van der Waals surface area contributed by atoms with Crippen LogP contribution in [0.4, 0.5) is 11.4 Å². The zero-order valence-corrected chi connectivity index (χ0v) is 16.7. The second kappa shape index (κ2) is 6.63. The van der Waals surface area contributed by atoms with Crippen LogP contribution in [0.15, 0.2) is 71.9 Å². The lowest BCUT2D eigenvalue weighted by molar-refractivity contribution is 0.601. The van der Waals surface area contributed by atoms with Gasteiger partial charge in [-0.2, -0.15) is 0 Å². The molecule has 0 unspecified atom stereocenters. The summed E-state index contributed by atoms with van der Waals surface area (Å²) in [6.45, 7) is 0.942. The van der Waals surface area contributed by atoms with E-state index in [9.17, 15) is 8.42 Å². The Kier molecular flexibility index (Phi) is 4.06. The molecule has 2 aromatic heterocycles. The summed E-state index contributed by atoms with van der Waals surface area (Å²) in [7, 11) is -1.78. The molecule has 2 N–H and O–H groups in total. The fourth-order valence-electron chi connectivity index (χ4n) is 3.88. The third-order valence-corrected chi connectivity index (χ3v) is 6.66. The van der Waals surface area contributed by atoms with Crippen molar-refractivity contribution in [3.63, 3.8) is 0 Å². The van der Waals surface area contributed by atoms with Gasteiger partial charge < -0.3 is 9.88 Å². The molecule has 0 aliphatic carbocycles. The minimum Gasteiger partial charge on any atom is -0.384 e. The van der Waals surface area contributed by atoms with Gasteiger partial charge in [-0.25, -0.2) is 13.4 Å². The predicted octanol–water partition coefficient (Wildman–Crippen LogP) is 4.01. The van der Waals surface area contributed by atoms with Crippen LogP contribution in [0, 0.1) is 0 Å². The summed E-state index contributed by atoms with van der Waals surface area (Å²) in [6, 6.07) is 16.4. The lowest BCUT2D eigenvalue weighted by Crippen LogP contribution is -2.13. The molecule has 29 heavy (non-hydrogen) atoms. The van der Waals surface area contributed by atoms with E-state index in [1.807, 2.05) is 17.8 Å². The summed E-state index contributed by atoms with van der Waals surface area (Å²) in [5.41, 5.74) is 5.69. The fourth-order valence-corrected chi connectivity index (χ4v) is 4.98. The van der Waals surface area contributed by atoms with Crippen molar-refractivity contribution in [3.8, 4) is 11.1 Å². The van der Waals surface area contributed by atoms with Crippen LogP contribution in [0.25, 0.3) is 22.2 Å². The molecule has 1 aliphatic rings. The number of sulfonamides is 1. The maximum atomic E-state index is 12.9. The third-order valence-electron chi connectivity index (χ3n) is 5.28. The molecule has 5 rings (SSSR count). The van der Waals surface area contributed by atoms with Crippen molar-refractivity contribution in [2.45, 2.75) is 11.3 Å². The van der Waals surface area contributed by atoms with E-state index in [0.717, 1.165) is 40.8 Å². The molecule has 1 aliphatic heterocycles. The second-order valence-corrected chi connectivity index (χ2v) is 8.86. The lowest BCUT2D eigenvalue weighted by Gasteiger charge is -2.11. The molecule has 7 heteroatoms. The van der Waals surface area contributed by atoms with Crippen LogP contribution >= 0.6 is 0 Å². The van der Waals surface area contributed by atoms with Crippen LogP contribution in [0.1, 0.15) is 5.56 Å². The van der Waals surface area contributed by atoms with Crippen LogP contribution in [0.2, 0.25) is 0 Å². The monoisotopic (exact) mass is 404 g/mol. The Morgan fingerprint density at radius 1 is 1.10 bits per heavy atom. The Labute approximate surface area is 169 Å². The van der Waals surface area contributed by atoms with Crippen LogP contribution in [-0.2, 0) is 23.5 Å². The largest absolute Gasteiger partial charge is 0.384 e. The van der Waals surface area contributed by atoms with Crippen molar-refractivity contribution in [2.24, 2.45) is 7.05 Å². The van der Waals surface area contributed by atoms with Gasteiger partial charge in [-0.1, -0.05) is 24.3 Å². The van der Waals surface area contributed by atoms with E-state index in [0.29, 0.717) is 5.69 Å². The standard InChI is InChI=1S/C22H20N4O2S/c1-26-14-18(15-7-8-19-16(13-15)9-11-23-19)21-20(10-12-24-22(21)26)25-29(27,28)17-5-3-2-4-6-17/h2-8,10,12-14,23H,9,11H2,1H3,(H,24,25). The van der Waals surface area contributed by atoms with E-state index in [4.69, 9.17) is 0 Å². The van der Waals surface area contributed by atoms with E-state index < -0.39 is 10.0 Å². The predicted molar refractivity (Wildman–Crippen MR) is 116 cm³/mol. The molecule has 0 fully saturated rings. The van der Waals surface area contributed by atoms with Crippen molar-refractivity contribution in [2.75, 3.05) is 16.6 Å². The van der Waals surface area contributed by atoms with Gasteiger partial charge in [-0.3, -0.25) is 4.72 Å². The molecule has 2 aromatic carbocycles. The van der Waals surface area contributed by atoms with Gasteiger partial charge in [0.15, 0.2) is 0 Å². The topological polar surface area (TPSA) is 76.0 Å². The van der Waals surface area contributed by atoms with Crippen molar-refractivity contribution in [1.29, 1.82) is 0 Å². The highest BCUT2D eigenvalue weighted by molar-refractivity contribution is 7.92. The van der Waals surface area contributed by atoms with E-state index in [-0.39, 0.29) is 4.90 Å². The molecule has 0 spiro atoms. The third kappa shape index (κ3) is 3.03. The first kappa shape index (κ1) is 17.8. The number of benzene rings is 2. The Balaban J connectivity index is 1.66. The van der Waals surface area contributed by atoms with Gasteiger partial charge in [0.1, 0.15) is 5.65 Å². The molecule has 0 saturated carbocycles. The molecular weight excluding hydrogens is 384 g/mol. The zero-order valence-electron chi connectivity index (χ0n) is 15.9. The number of anilines is 2. The smallest absolute Gasteiger partial charge is 0.261 e. The number of rotatable bonds is 4. The first-order chi connectivity index (χ1) is 14.0. The number of aryl methyl sites for hydroxylation is 1. The quantitative estimate of drug-likeness (QED) is 0.539. The zero-order chi connectivity index (χ0) is 20.0. The Morgan fingerprint density at radius 3 is 2.76 bits per heavy atom. The first-order valence-electron chi connectivity index (χ1n) is 9.42. The molecule has 3 heterocycles. The van der Waals surface area contributed by atoms with Crippen LogP contribution in [0.5, 0.6) is 0 Å². The second-order valence-electron chi connectivity index (χ2n) is 7.18. The van der Waals surface area contributed by atoms with Crippen molar-refractivity contribution < 1.29 is 8.42 Å². The number of hydrogen-bond acceptors (Lipinski definition) is 4. The molecule has 0 amide bonds. The van der Waals surface area contributed by atoms with E-state index in [2.05, 4.69) is 33.2 Å². The number of nitrogens with one attached hydrogen (secondary N) is 2. The van der Waals surface area contributed by atoms with Gasteiger partial charge in [0.25, 0.3) is 10.0 Å². The van der Waals surface area contributed by atoms with Crippen molar-refractivity contribution >= 4 is 32.4 Å². The van der Waals surface area contributed by atoms with Crippen molar-refractivity contribution in [1.82, 2.24) is 9.55 Å². The summed E-state index contributed by atoms with van der Waals surface area (Å²) in [6.07, 6.45) is 4.61. The van der Waals surface area contributed by atoms with Gasteiger partial charge in [-0.15, -0.1) is 0 Å². The summed E-state index contributed by atoms with van der Waals surface area (Å²) in [4.78, 5) is 4.71. The summed E-state index contributed by atoms with van der Waals surface area (Å²) in [5.74, 6) is 0. The molecule has 0 atom stereocenters. The number of hydrogen-bond donors (Lipinski definition) is 2. The molecule has 146 valence electrons. The maximum absolute atomic E-state index is 12.9. The summed E-state index contributed by atoms with van der Waals surface area (Å²) < 4.78 is 30.5. The number of pyridine rings is 1. The molecular formula is C22H20N4O2S. The number of fused-ring (bicyclic) bond motifs is 2. The van der Waals surface area contributed by atoms with E-state index >= 15 is 0 Å². The minimum atomic E-state index is -3.70. The van der Waals surface area contributed by atoms with Gasteiger partial charge in [0.05, 0.1) is 16.0 Å². The van der Waals surface area contributed by atoms with Crippen molar-refractivity contribution in [3.05, 3.63) is 72.6 Å². The molecule has 6 nitrogen and oxygen atoms in total. The number of nitrogens with zero attached hydrogens (tertiary/aromatic N) is 2. The highest BCUT2D eigenvalue weighted by Gasteiger charge is 2.20. The summed E-state index contributed by atoms with van der Waals surface area (Å²) in [5, 5.41) is 4.16. The molecule has 4 aromatic rings. The van der Waals surface area contributed by atoms with E-state index in [1.165, 1.54) is 5.56 Å². The Bertz CT molecular complexity index is 1330. The van der Waals surface area contributed by atoms with Gasteiger partial charge in [-0.05, 0) is 47.9 Å². The molecule has 0 radical (unpaired) electrons. The first-order valence-corrected chi connectivity index (χ1v) is 10.9. The average molecular weight is 404 g/mol. The SMILES string of the molecule is Cn1cc(-c2ccc3c(c2)CCN3)c2c(NS(=O)(=O)c3ccccc3)ccnc21. The highest BCUT2D eigenvalue weighted by Crippen LogP contribution is 2.37. The minimum absolute atomic E-state index is 0.228. The lowest BCUT2D eigenvalue weighted by atomic mass is 10.0. The van der Waals surface area contributed by atoms with Crippen LogP contribution in [-0.4, -0.2) is 24.5 Å². The maximum Gasteiger partial charge on any atom is 0.261 e. The Hall–Kier alpha value is -3.32. The van der Waals surface area contributed by atoms with Gasteiger partial charge in [0.2, 0.25) is 0 Å². The Morgan fingerprint density at radius 2 is 1.93 bits per heavy atom. The van der Waals surface area contributed by atoms with Crippen LogP contribution in [0.3, 0.4) is 0 Å². The van der Waals surface area contributed by atoms with Crippen LogP contribution < -0.4 is 10.0 Å². The summed E-state index contributed by atoms with van der Waals surface area (Å²) >= 11 is 0. The molecule has 0 bridgehead atoms. The highest BCUT2D eigenvalue weighted by atomic mass is 32.2. The van der Waals surface area contributed by atoms with E-state index in [1.54, 1.807) is 42.6 Å². The normalized spacial score (nSPS) is 13.3. The fraction of sp³-hybridized carbons (Fsp3) is 0.136. The number of aromatic nitrogens is 2. The van der Waals surface area contributed by atoms with Gasteiger partial charge >= 0.3 is 0 Å². The average Bonchev–Trinajstić information content (AvgIpc) is 3.33.